The van der Waals surface area contributed by atoms with Gasteiger partial charge in [-0.25, -0.2) is 14.2 Å². The summed E-state index contributed by atoms with van der Waals surface area (Å²) in [5, 5.41) is 18.5. The molecule has 0 unspecified atom stereocenters. The number of ether oxygens (including phenoxy) is 1. The van der Waals surface area contributed by atoms with Crippen LogP contribution >= 0.6 is 0 Å². The molecule has 5 rings (SSSR count). The molecule has 1 saturated heterocycles. The van der Waals surface area contributed by atoms with Gasteiger partial charge in [-0.2, -0.15) is 10.2 Å². The zero-order chi connectivity index (χ0) is 26.8. The molecule has 1 amide bonds. The van der Waals surface area contributed by atoms with Gasteiger partial charge in [0.2, 0.25) is 0 Å². The maximum atomic E-state index is 15.1. The smallest absolute Gasteiger partial charge is 0.411 e. The number of likely N-dealkylation sites (tertiary alicyclic amines) is 1. The highest BCUT2D eigenvalue weighted by Gasteiger charge is 2.23. The third-order valence-corrected chi connectivity index (χ3v) is 6.86. The van der Waals surface area contributed by atoms with Crippen molar-refractivity contribution in [2.45, 2.75) is 12.8 Å². The van der Waals surface area contributed by atoms with E-state index in [0.29, 0.717) is 52.1 Å². The van der Waals surface area contributed by atoms with Crippen molar-refractivity contribution in [2.75, 3.05) is 38.7 Å². The molecule has 194 valence electrons. The van der Waals surface area contributed by atoms with Gasteiger partial charge in [0.05, 0.1) is 35.2 Å². The Hall–Kier alpha value is -4.49. The second-order valence-electron chi connectivity index (χ2n) is 9.52. The zero-order valence-electron chi connectivity index (χ0n) is 21.1. The van der Waals surface area contributed by atoms with E-state index in [-0.39, 0.29) is 5.69 Å². The highest BCUT2D eigenvalue weighted by Crippen LogP contribution is 2.37. The molecule has 4 aromatic rings. The Morgan fingerprint density at radius 2 is 2.03 bits per heavy atom. The average molecular weight is 515 g/mol. The Morgan fingerprint density at radius 3 is 2.71 bits per heavy atom. The lowest BCUT2D eigenvalue weighted by molar-refractivity contribution is 0.143. The van der Waals surface area contributed by atoms with Crippen LogP contribution in [0.4, 0.5) is 14.9 Å². The van der Waals surface area contributed by atoms with Gasteiger partial charge in [0.25, 0.3) is 0 Å². The third-order valence-electron chi connectivity index (χ3n) is 6.86. The summed E-state index contributed by atoms with van der Waals surface area (Å²) < 4.78 is 23.1. The van der Waals surface area contributed by atoms with Crippen molar-refractivity contribution < 1.29 is 19.0 Å². The monoisotopic (exact) mass is 514 g/mol. The number of hydrogen-bond donors (Lipinski definition) is 1. The van der Waals surface area contributed by atoms with Gasteiger partial charge in [0.15, 0.2) is 5.65 Å². The minimum absolute atomic E-state index is 0.0640. The minimum atomic E-state index is -1.27. The first-order valence-corrected chi connectivity index (χ1v) is 12.3. The van der Waals surface area contributed by atoms with Crippen LogP contribution in [0, 0.1) is 23.1 Å². The number of hydrogen-bond acceptors (Lipinski definition) is 6. The number of nitriles is 1. The van der Waals surface area contributed by atoms with E-state index in [0.717, 1.165) is 30.8 Å². The summed E-state index contributed by atoms with van der Waals surface area (Å²) >= 11 is 0. The van der Waals surface area contributed by atoms with Gasteiger partial charge in [-0.05, 0) is 56.3 Å². The molecule has 1 fully saturated rings. The molecular formula is C28H27FN6O3. The van der Waals surface area contributed by atoms with Crippen LogP contribution in [0.25, 0.3) is 28.0 Å². The van der Waals surface area contributed by atoms with Crippen LogP contribution in [0.15, 0.2) is 54.9 Å². The number of fused-ring (bicyclic) bond motifs is 1. The van der Waals surface area contributed by atoms with Crippen molar-refractivity contribution >= 4 is 17.4 Å². The standard InChI is InChI=1S/C28H27FN6O3/c1-33-12-3-4-19(16-33)17-38-27-32-25(20-7-5-18(15-30)6-8-20)24(26-31-11-13-35(26)27)21-9-10-23(22(29)14-21)34(2)28(36)37/h5-11,13-14,19H,3-4,12,16-17H2,1-2H3,(H,36,37)/t19-/m1/s1. The number of carboxylic acid groups (broad SMARTS) is 1. The van der Waals surface area contributed by atoms with E-state index >= 15 is 4.39 Å². The molecule has 38 heavy (non-hydrogen) atoms. The third kappa shape index (κ3) is 4.88. The predicted molar refractivity (Wildman–Crippen MR) is 141 cm³/mol. The predicted octanol–water partition coefficient (Wildman–Crippen LogP) is 4.91. The van der Waals surface area contributed by atoms with Crippen LogP contribution < -0.4 is 9.64 Å². The van der Waals surface area contributed by atoms with Gasteiger partial charge in [0.1, 0.15) is 5.82 Å². The summed E-state index contributed by atoms with van der Waals surface area (Å²) in [5.41, 5.74) is 3.23. The normalized spacial score (nSPS) is 15.8. The van der Waals surface area contributed by atoms with Gasteiger partial charge >= 0.3 is 12.1 Å². The van der Waals surface area contributed by atoms with Gasteiger partial charge in [-0.15, -0.1) is 0 Å². The molecule has 0 saturated carbocycles. The number of anilines is 1. The van der Waals surface area contributed by atoms with E-state index in [2.05, 4.69) is 23.0 Å². The Kier molecular flexibility index (Phi) is 6.94. The fraction of sp³-hybridized carbons (Fsp3) is 0.286. The molecule has 2 aromatic heterocycles. The first-order chi connectivity index (χ1) is 18.4. The number of aromatic nitrogens is 3. The number of benzene rings is 2. The van der Waals surface area contributed by atoms with Crippen molar-refractivity contribution in [3.05, 3.63) is 66.2 Å². The first-order valence-electron chi connectivity index (χ1n) is 12.3. The fourth-order valence-corrected chi connectivity index (χ4v) is 4.87. The van der Waals surface area contributed by atoms with Gasteiger partial charge in [-0.3, -0.25) is 9.30 Å². The number of imidazole rings is 1. The average Bonchev–Trinajstić information content (AvgIpc) is 3.41. The summed E-state index contributed by atoms with van der Waals surface area (Å²) in [4.78, 5) is 23.9. The van der Waals surface area contributed by atoms with Crippen LogP contribution in [0.2, 0.25) is 0 Å². The summed E-state index contributed by atoms with van der Waals surface area (Å²) in [7, 11) is 3.39. The molecule has 0 aliphatic carbocycles. The largest absolute Gasteiger partial charge is 0.465 e. The highest BCUT2D eigenvalue weighted by molar-refractivity contribution is 5.92. The first kappa shape index (κ1) is 25.2. The maximum Gasteiger partial charge on any atom is 0.411 e. The lowest BCUT2D eigenvalue weighted by Gasteiger charge is -2.29. The van der Waals surface area contributed by atoms with Crippen LogP contribution in [0.3, 0.4) is 0 Å². The van der Waals surface area contributed by atoms with E-state index < -0.39 is 11.9 Å². The van der Waals surface area contributed by atoms with Crippen LogP contribution in [0.1, 0.15) is 18.4 Å². The molecular weight excluding hydrogens is 487 g/mol. The molecule has 1 aliphatic rings. The topological polar surface area (TPSA) is 107 Å². The van der Waals surface area contributed by atoms with E-state index in [9.17, 15) is 15.2 Å². The second kappa shape index (κ2) is 10.5. The SMILES string of the molecule is CN1CCC[C@@H](COc2nc(-c3ccc(C#N)cc3)c(-c3ccc(N(C)C(=O)O)c(F)c3)c3nccn23)C1. The number of amides is 1. The lowest BCUT2D eigenvalue weighted by atomic mass is 9.98. The molecule has 1 N–H and O–H groups in total. The fourth-order valence-electron chi connectivity index (χ4n) is 4.87. The van der Waals surface area contributed by atoms with Crippen molar-refractivity contribution in [3.63, 3.8) is 0 Å². The molecule has 0 radical (unpaired) electrons. The van der Waals surface area contributed by atoms with Crippen LogP contribution in [0.5, 0.6) is 6.01 Å². The summed E-state index contributed by atoms with van der Waals surface area (Å²) in [6, 6.07) is 13.8. The second-order valence-corrected chi connectivity index (χ2v) is 9.52. The number of piperidine rings is 1. The molecule has 0 bridgehead atoms. The van der Waals surface area contributed by atoms with Crippen molar-refractivity contribution in [2.24, 2.45) is 5.92 Å². The van der Waals surface area contributed by atoms with Gasteiger partial charge in [0, 0.05) is 37.5 Å². The van der Waals surface area contributed by atoms with Gasteiger partial charge < -0.3 is 14.7 Å². The summed E-state index contributed by atoms with van der Waals surface area (Å²) in [6.07, 6.45) is 4.31. The quantitative estimate of drug-likeness (QED) is 0.390. The summed E-state index contributed by atoms with van der Waals surface area (Å²) in [5.74, 6) is -0.315. The van der Waals surface area contributed by atoms with Crippen molar-refractivity contribution in [3.8, 4) is 34.5 Å². The minimum Gasteiger partial charge on any atom is -0.465 e. The number of halogens is 1. The van der Waals surface area contributed by atoms with Crippen molar-refractivity contribution in [1.29, 1.82) is 5.26 Å². The Bertz CT molecular complexity index is 1530. The summed E-state index contributed by atoms with van der Waals surface area (Å²) in [6.45, 7) is 2.53. The Balaban J connectivity index is 1.63. The molecule has 9 nitrogen and oxygen atoms in total. The number of rotatable bonds is 6. The zero-order valence-corrected chi connectivity index (χ0v) is 21.1. The molecule has 10 heteroatoms. The van der Waals surface area contributed by atoms with E-state index in [1.54, 1.807) is 47.1 Å². The van der Waals surface area contributed by atoms with Crippen LogP contribution in [-0.4, -0.2) is 64.3 Å². The molecule has 0 spiro atoms. The van der Waals surface area contributed by atoms with Crippen molar-refractivity contribution in [1.82, 2.24) is 19.3 Å². The lowest BCUT2D eigenvalue weighted by Crippen LogP contribution is -2.35. The molecule has 3 heterocycles. The Morgan fingerprint density at radius 1 is 1.26 bits per heavy atom. The molecule has 1 aliphatic heterocycles. The maximum absolute atomic E-state index is 15.1. The van der Waals surface area contributed by atoms with Gasteiger partial charge in [-0.1, -0.05) is 18.2 Å². The number of carbonyl (C=O) groups is 1. The Labute approximate surface area is 219 Å². The number of nitrogens with zero attached hydrogens (tertiary/aromatic N) is 6. The van der Waals surface area contributed by atoms with E-state index in [4.69, 9.17) is 9.72 Å². The molecule has 1 atom stereocenters. The molecule has 2 aromatic carbocycles. The van der Waals surface area contributed by atoms with E-state index in [1.807, 2.05) is 0 Å². The van der Waals surface area contributed by atoms with E-state index in [1.165, 1.54) is 19.2 Å². The van der Waals surface area contributed by atoms with Crippen LogP contribution in [-0.2, 0) is 0 Å². The highest BCUT2D eigenvalue weighted by atomic mass is 19.1.